The number of rotatable bonds is 9. The lowest BCUT2D eigenvalue weighted by molar-refractivity contribution is 0.563. The predicted octanol–water partition coefficient (Wildman–Crippen LogP) is 3.47. The van der Waals surface area contributed by atoms with Crippen LogP contribution in [0.2, 0.25) is 0 Å². The van der Waals surface area contributed by atoms with E-state index in [0.29, 0.717) is 11.9 Å². The molecule has 0 saturated carbocycles. The highest BCUT2D eigenvalue weighted by Crippen LogP contribution is 2.26. The van der Waals surface area contributed by atoms with Crippen molar-refractivity contribution in [1.29, 1.82) is 5.26 Å². The van der Waals surface area contributed by atoms with Gasteiger partial charge < -0.3 is 10.6 Å². The summed E-state index contributed by atoms with van der Waals surface area (Å²) in [4.78, 5) is 8.15. The van der Waals surface area contributed by atoms with Crippen molar-refractivity contribution in [1.82, 2.24) is 30.5 Å². The summed E-state index contributed by atoms with van der Waals surface area (Å²) < 4.78 is 1.72. The van der Waals surface area contributed by atoms with Crippen LogP contribution in [0.3, 0.4) is 0 Å². The van der Waals surface area contributed by atoms with Gasteiger partial charge in [-0.2, -0.15) is 5.26 Å². The maximum Gasteiger partial charge on any atom is 0.211 e. The Morgan fingerprint density at radius 1 is 1.25 bits per heavy atom. The normalized spacial score (nSPS) is 11.9. The van der Waals surface area contributed by atoms with Crippen molar-refractivity contribution in [2.24, 2.45) is 10.9 Å². The highest BCUT2D eigenvalue weighted by molar-refractivity contribution is 5.95. The second-order valence-electron chi connectivity index (χ2n) is 7.62. The Morgan fingerprint density at radius 2 is 2.12 bits per heavy atom. The topological polar surface area (TPSA) is 117 Å². The second-order valence-corrected chi connectivity index (χ2v) is 7.62. The van der Waals surface area contributed by atoms with Crippen molar-refractivity contribution >= 4 is 17.2 Å². The van der Waals surface area contributed by atoms with Crippen molar-refractivity contribution in [3.8, 4) is 6.19 Å². The number of nitriles is 1. The van der Waals surface area contributed by atoms with E-state index in [1.165, 1.54) is 0 Å². The van der Waals surface area contributed by atoms with Crippen LogP contribution in [0.5, 0.6) is 0 Å². The van der Waals surface area contributed by atoms with Crippen LogP contribution < -0.4 is 10.6 Å². The molecule has 0 radical (unpaired) electrons. The van der Waals surface area contributed by atoms with E-state index in [9.17, 15) is 0 Å². The SMILES string of the molecule is CC(C)CN/C(=N/C#N)Nc1cccc(/C(=C/CCCn2cnnn2)c2cccnc2)c1. The van der Waals surface area contributed by atoms with Gasteiger partial charge in [-0.3, -0.25) is 4.98 Å². The van der Waals surface area contributed by atoms with Gasteiger partial charge in [0.2, 0.25) is 12.2 Å². The lowest BCUT2D eigenvalue weighted by Crippen LogP contribution is -2.33. The number of tetrazole rings is 1. The average molecular weight is 430 g/mol. The van der Waals surface area contributed by atoms with Gasteiger partial charge in [0, 0.05) is 36.7 Å². The summed E-state index contributed by atoms with van der Waals surface area (Å²) in [6.45, 7) is 5.67. The van der Waals surface area contributed by atoms with Crippen molar-refractivity contribution in [2.45, 2.75) is 33.2 Å². The first-order chi connectivity index (χ1) is 15.7. The molecule has 0 aliphatic carbocycles. The van der Waals surface area contributed by atoms with Crippen LogP contribution in [0.4, 0.5) is 5.69 Å². The number of hydrogen-bond donors (Lipinski definition) is 2. The Labute approximate surface area is 187 Å². The summed E-state index contributed by atoms with van der Waals surface area (Å²) in [6.07, 6.45) is 11.1. The lowest BCUT2D eigenvalue weighted by atomic mass is 9.97. The third-order valence-electron chi connectivity index (χ3n) is 4.58. The molecule has 3 aromatic rings. The Kier molecular flexibility index (Phi) is 8.45. The maximum atomic E-state index is 9.01. The first-order valence-electron chi connectivity index (χ1n) is 10.5. The molecule has 0 unspecified atom stereocenters. The quantitative estimate of drug-likeness (QED) is 0.231. The van der Waals surface area contributed by atoms with E-state index < -0.39 is 0 Å². The molecule has 0 atom stereocenters. The molecule has 9 nitrogen and oxygen atoms in total. The van der Waals surface area contributed by atoms with Gasteiger partial charge in [0.1, 0.15) is 6.33 Å². The number of anilines is 1. The fourth-order valence-electron chi connectivity index (χ4n) is 3.07. The van der Waals surface area contributed by atoms with Gasteiger partial charge in [-0.05, 0) is 58.5 Å². The van der Waals surface area contributed by atoms with E-state index in [1.807, 2.05) is 42.7 Å². The van der Waals surface area contributed by atoms with Crippen LogP contribution in [-0.2, 0) is 6.54 Å². The summed E-state index contributed by atoms with van der Waals surface area (Å²) in [6, 6.07) is 12.0. The molecule has 0 aliphatic heterocycles. The highest BCUT2D eigenvalue weighted by atomic mass is 15.5. The summed E-state index contributed by atoms with van der Waals surface area (Å²) in [5, 5.41) is 26.6. The zero-order valence-corrected chi connectivity index (χ0v) is 18.3. The molecule has 0 saturated heterocycles. The molecule has 2 N–H and O–H groups in total. The van der Waals surface area contributed by atoms with Crippen LogP contribution >= 0.6 is 0 Å². The summed E-state index contributed by atoms with van der Waals surface area (Å²) in [7, 11) is 0. The van der Waals surface area contributed by atoms with Crippen molar-refractivity contribution < 1.29 is 0 Å². The number of aryl methyl sites for hydroxylation is 1. The summed E-state index contributed by atoms with van der Waals surface area (Å²) in [5.41, 5.74) is 4.02. The summed E-state index contributed by atoms with van der Waals surface area (Å²) in [5.74, 6) is 0.868. The van der Waals surface area contributed by atoms with Crippen molar-refractivity contribution in [3.05, 3.63) is 72.3 Å². The van der Waals surface area contributed by atoms with E-state index in [1.54, 1.807) is 17.2 Å². The molecular weight excluding hydrogens is 402 g/mol. The van der Waals surface area contributed by atoms with E-state index in [-0.39, 0.29) is 0 Å². The third-order valence-corrected chi connectivity index (χ3v) is 4.58. The predicted molar refractivity (Wildman–Crippen MR) is 124 cm³/mol. The second kappa shape index (κ2) is 12.0. The monoisotopic (exact) mass is 429 g/mol. The number of unbranched alkanes of at least 4 members (excludes halogenated alkanes) is 1. The first kappa shape index (κ1) is 22.6. The molecule has 1 aromatic carbocycles. The molecular formula is C23H27N9. The Balaban J connectivity index is 1.79. The van der Waals surface area contributed by atoms with E-state index in [4.69, 9.17) is 5.26 Å². The van der Waals surface area contributed by atoms with Crippen LogP contribution in [0, 0.1) is 17.4 Å². The number of hydrogen-bond acceptors (Lipinski definition) is 6. The number of allylic oxidation sites excluding steroid dienone is 1. The molecule has 32 heavy (non-hydrogen) atoms. The number of nitrogens with one attached hydrogen (secondary N) is 2. The number of aliphatic imine (C=N–C) groups is 1. The molecule has 0 spiro atoms. The van der Waals surface area contributed by atoms with Crippen LogP contribution in [0.1, 0.15) is 37.8 Å². The summed E-state index contributed by atoms with van der Waals surface area (Å²) >= 11 is 0. The third kappa shape index (κ3) is 7.02. The van der Waals surface area contributed by atoms with Crippen molar-refractivity contribution in [2.75, 3.05) is 11.9 Å². The molecule has 2 aromatic heterocycles. The van der Waals surface area contributed by atoms with E-state index in [0.717, 1.165) is 48.3 Å². The molecule has 0 bridgehead atoms. The van der Waals surface area contributed by atoms with Crippen molar-refractivity contribution in [3.63, 3.8) is 0 Å². The van der Waals surface area contributed by atoms with Gasteiger partial charge in [0.25, 0.3) is 0 Å². The number of benzene rings is 1. The number of nitrogens with zero attached hydrogens (tertiary/aromatic N) is 7. The minimum absolute atomic E-state index is 0.431. The minimum atomic E-state index is 0.431. The number of guanidine groups is 1. The highest BCUT2D eigenvalue weighted by Gasteiger charge is 2.08. The molecule has 0 amide bonds. The van der Waals surface area contributed by atoms with E-state index in [2.05, 4.69) is 62.1 Å². The maximum absolute atomic E-state index is 9.01. The fraction of sp³-hybridized carbons (Fsp3) is 0.304. The average Bonchev–Trinajstić information content (AvgIpc) is 3.32. The first-order valence-corrected chi connectivity index (χ1v) is 10.5. The smallest absolute Gasteiger partial charge is 0.211 e. The zero-order chi connectivity index (χ0) is 22.6. The number of pyridine rings is 1. The molecule has 0 fully saturated rings. The van der Waals surface area contributed by atoms with Gasteiger partial charge in [-0.1, -0.05) is 38.1 Å². The fourth-order valence-corrected chi connectivity index (χ4v) is 3.07. The van der Waals surface area contributed by atoms with Gasteiger partial charge in [-0.25, -0.2) is 4.68 Å². The Hall–Kier alpha value is -4.06. The molecule has 0 aliphatic rings. The van der Waals surface area contributed by atoms with Crippen LogP contribution in [-0.4, -0.2) is 37.7 Å². The number of aromatic nitrogens is 5. The molecule has 3 rings (SSSR count). The van der Waals surface area contributed by atoms with Gasteiger partial charge in [-0.15, -0.1) is 10.1 Å². The van der Waals surface area contributed by atoms with Gasteiger partial charge >= 0.3 is 0 Å². The molecule has 9 heteroatoms. The minimum Gasteiger partial charge on any atom is -0.355 e. The van der Waals surface area contributed by atoms with E-state index >= 15 is 0 Å². The standard InChI is InChI=1S/C23H27N9/c1-18(2)14-26-23(27-16-24)29-21-9-5-7-19(13-21)22(20-8-6-11-25-15-20)10-3-4-12-32-17-28-30-31-32/h5-11,13,15,17-18H,3-4,12,14H2,1-2H3,(H2,26,27,29)/b22-10-. The molecule has 2 heterocycles. The Bertz CT molecular complexity index is 1060. The zero-order valence-electron chi connectivity index (χ0n) is 18.3. The largest absolute Gasteiger partial charge is 0.355 e. The lowest BCUT2D eigenvalue weighted by Gasteiger charge is -2.14. The van der Waals surface area contributed by atoms with Crippen LogP contribution in [0.15, 0.2) is 66.2 Å². The Morgan fingerprint density at radius 3 is 2.84 bits per heavy atom. The van der Waals surface area contributed by atoms with Gasteiger partial charge in [0.05, 0.1) is 0 Å². The van der Waals surface area contributed by atoms with Crippen LogP contribution in [0.25, 0.3) is 5.57 Å². The van der Waals surface area contributed by atoms with Gasteiger partial charge in [0.15, 0.2) is 0 Å². The molecule has 164 valence electrons.